The van der Waals surface area contributed by atoms with Crippen LogP contribution in [0.25, 0.3) is 16.8 Å². The molecule has 0 atom stereocenters. The summed E-state index contributed by atoms with van der Waals surface area (Å²) in [6.45, 7) is 1.73. The van der Waals surface area contributed by atoms with Gasteiger partial charge in [0.25, 0.3) is 5.92 Å². The number of allylic oxidation sites excluding steroid dienone is 2. The Balaban J connectivity index is 0.000000302. The number of hydrogen-bond acceptors (Lipinski definition) is 2. The summed E-state index contributed by atoms with van der Waals surface area (Å²) in [7, 11) is 0. The molecule has 0 saturated heterocycles. The van der Waals surface area contributed by atoms with Crippen LogP contribution < -0.4 is 0 Å². The van der Waals surface area contributed by atoms with Crippen LogP contribution in [-0.4, -0.2) is 33.7 Å². The number of aryl methyl sites for hydroxylation is 1. The number of rotatable bonds is 2. The SMILES string of the molecule is Cc1cc(-c2ccccn2)[c-]cc1F.FC(F)(F)c1ccnc(C2=[C-]C(F)(F)C(F)(F)C(F)(F)C2(F)F)c1.[Ir]. The molecule has 1 radical (unpaired) electrons. The summed E-state index contributed by atoms with van der Waals surface area (Å²) in [6.07, 6.45) is -3.01. The van der Waals surface area contributed by atoms with Gasteiger partial charge in [-0.15, -0.1) is 35.4 Å². The van der Waals surface area contributed by atoms with Crippen LogP contribution in [0.4, 0.5) is 52.7 Å². The van der Waals surface area contributed by atoms with Crippen molar-refractivity contribution in [2.45, 2.75) is 36.8 Å². The van der Waals surface area contributed by atoms with Gasteiger partial charge in [0.15, 0.2) is 0 Å². The molecule has 15 heteroatoms. The van der Waals surface area contributed by atoms with Gasteiger partial charge in [-0.1, -0.05) is 30.3 Å². The van der Waals surface area contributed by atoms with Gasteiger partial charge in [-0.2, -0.15) is 45.6 Å². The van der Waals surface area contributed by atoms with Gasteiger partial charge in [0, 0.05) is 43.9 Å². The molecule has 0 spiro atoms. The normalized spacial score (nSPS) is 18.6. The second-order valence-corrected chi connectivity index (χ2v) is 7.82. The Morgan fingerprint density at radius 3 is 1.95 bits per heavy atom. The number of alkyl halides is 11. The zero-order valence-electron chi connectivity index (χ0n) is 19.0. The molecule has 0 aliphatic heterocycles. The molecule has 0 fully saturated rings. The van der Waals surface area contributed by atoms with E-state index in [9.17, 15) is 52.7 Å². The van der Waals surface area contributed by atoms with E-state index >= 15 is 0 Å². The maximum Gasteiger partial charge on any atom is 0.415 e. The van der Waals surface area contributed by atoms with Gasteiger partial charge in [-0.25, -0.2) is 8.78 Å². The summed E-state index contributed by atoms with van der Waals surface area (Å²) < 4.78 is 156. The van der Waals surface area contributed by atoms with E-state index < -0.39 is 46.7 Å². The molecule has 0 amide bonds. The van der Waals surface area contributed by atoms with E-state index in [-0.39, 0.29) is 50.3 Å². The minimum Gasteiger partial charge on any atom is -0.351 e. The van der Waals surface area contributed by atoms with Crippen LogP contribution >= 0.6 is 0 Å². The van der Waals surface area contributed by atoms with E-state index in [2.05, 4.69) is 16.0 Å². The van der Waals surface area contributed by atoms with Crippen molar-refractivity contribution in [2.75, 3.05) is 0 Å². The molecule has 0 saturated carbocycles. The van der Waals surface area contributed by atoms with Gasteiger partial charge in [0.05, 0.1) is 0 Å². The number of nitrogens with zero attached hydrogens (tertiary/aromatic N) is 2. The predicted molar refractivity (Wildman–Crippen MR) is 109 cm³/mol. The van der Waals surface area contributed by atoms with Crippen LogP contribution in [0.3, 0.4) is 0 Å². The second-order valence-electron chi connectivity index (χ2n) is 7.82. The molecule has 0 N–H and O–H groups in total. The van der Waals surface area contributed by atoms with Gasteiger partial charge in [-0.3, -0.25) is 4.39 Å². The van der Waals surface area contributed by atoms with Crippen LogP contribution in [0, 0.1) is 24.9 Å². The minimum atomic E-state index is -6.58. The predicted octanol–water partition coefficient (Wildman–Crippen LogP) is 7.84. The van der Waals surface area contributed by atoms with Gasteiger partial charge in [0.1, 0.15) is 0 Å². The van der Waals surface area contributed by atoms with Crippen LogP contribution in [0.2, 0.25) is 0 Å². The molecule has 3 aromatic rings. The van der Waals surface area contributed by atoms with E-state index in [1.165, 1.54) is 6.07 Å². The van der Waals surface area contributed by atoms with E-state index in [0.29, 0.717) is 5.56 Å². The van der Waals surface area contributed by atoms with E-state index in [4.69, 9.17) is 0 Å². The molecule has 1 aliphatic rings. The molecule has 0 unspecified atom stereocenters. The molecule has 2 aromatic heterocycles. The van der Waals surface area contributed by atoms with E-state index in [1.54, 1.807) is 19.2 Å². The quantitative estimate of drug-likeness (QED) is 0.197. The van der Waals surface area contributed by atoms with Crippen molar-refractivity contribution in [3.63, 3.8) is 0 Å². The monoisotopic (exact) mass is 749 g/mol. The largest absolute Gasteiger partial charge is 0.415 e. The second kappa shape index (κ2) is 10.9. The molecule has 0 bridgehead atoms. The molecule has 2 nitrogen and oxygen atoms in total. The first-order valence-corrected chi connectivity index (χ1v) is 10.1. The van der Waals surface area contributed by atoms with Crippen molar-refractivity contribution in [1.29, 1.82) is 0 Å². The fourth-order valence-corrected chi connectivity index (χ4v) is 3.09. The van der Waals surface area contributed by atoms with Crippen LogP contribution in [-0.2, 0) is 26.3 Å². The first kappa shape index (κ1) is 32.3. The molecular weight excluding hydrogens is 736 g/mol. The first-order valence-electron chi connectivity index (χ1n) is 10.1. The Kier molecular flexibility index (Phi) is 9.03. The van der Waals surface area contributed by atoms with Crippen molar-refractivity contribution >= 4 is 5.57 Å². The number of halogens is 12. The number of hydrogen-bond donors (Lipinski definition) is 0. The summed E-state index contributed by atoms with van der Waals surface area (Å²) in [4.78, 5) is 7.03. The third kappa shape index (κ3) is 5.98. The summed E-state index contributed by atoms with van der Waals surface area (Å²) >= 11 is 0. The van der Waals surface area contributed by atoms with Gasteiger partial charge >= 0.3 is 23.9 Å². The zero-order valence-corrected chi connectivity index (χ0v) is 21.4. The van der Waals surface area contributed by atoms with Crippen molar-refractivity contribution < 1.29 is 72.8 Å². The average Bonchev–Trinajstić information content (AvgIpc) is 2.83. The maximum absolute atomic E-state index is 13.6. The van der Waals surface area contributed by atoms with E-state index in [1.807, 2.05) is 18.2 Å². The Morgan fingerprint density at radius 2 is 1.41 bits per heavy atom. The van der Waals surface area contributed by atoms with Gasteiger partial charge in [-0.05, 0) is 17.8 Å². The smallest absolute Gasteiger partial charge is 0.351 e. The molecule has 39 heavy (non-hydrogen) atoms. The molecule has 4 rings (SSSR count). The standard InChI is InChI=1S/C12H3F11N.C12H9FN.Ir/c13-8(14)4-6(9(15,16)12(22,23)11(8,20)21)7-3-5(1-2-24-7)10(17,18)19;1-9-8-10(5-6-11(9)13)12-4-2-3-7-14-12;/h1-3H;2-4,6-8H,1H3;/q2*-1;. The van der Waals surface area contributed by atoms with Gasteiger partial charge < -0.3 is 9.97 Å². The fourth-order valence-electron chi connectivity index (χ4n) is 3.09. The van der Waals surface area contributed by atoms with Crippen LogP contribution in [0.5, 0.6) is 0 Å². The third-order valence-electron chi connectivity index (χ3n) is 5.16. The molecule has 1 aliphatic carbocycles. The molecule has 213 valence electrons. The summed E-state index contributed by atoms with van der Waals surface area (Å²) in [5, 5.41) is 0. The number of benzene rings is 1. The van der Waals surface area contributed by atoms with Crippen LogP contribution in [0.15, 0.2) is 54.9 Å². The summed E-state index contributed by atoms with van der Waals surface area (Å²) in [6, 6.07) is 11.6. The number of aromatic nitrogens is 2. The minimum absolute atomic E-state index is 0. The van der Waals surface area contributed by atoms with Crippen molar-refractivity contribution in [1.82, 2.24) is 9.97 Å². The summed E-state index contributed by atoms with van der Waals surface area (Å²) in [5.74, 6) is -25.1. The Bertz CT molecular complexity index is 1340. The summed E-state index contributed by atoms with van der Waals surface area (Å²) in [5.41, 5.74) is -3.65. The average molecular weight is 749 g/mol. The molecular formula is C24H12F12IrN2-2. The Morgan fingerprint density at radius 1 is 0.795 bits per heavy atom. The molecule has 2 heterocycles. The van der Waals surface area contributed by atoms with Gasteiger partial charge in [0.2, 0.25) is 0 Å². The fraction of sp³-hybridized carbons (Fsp3) is 0.250. The maximum atomic E-state index is 13.6. The third-order valence-corrected chi connectivity index (χ3v) is 5.16. The number of pyridine rings is 2. The Hall–Kier alpha value is -2.93. The zero-order chi connectivity index (χ0) is 28.7. The van der Waals surface area contributed by atoms with Crippen molar-refractivity contribution in [2.24, 2.45) is 0 Å². The Labute approximate surface area is 226 Å². The van der Waals surface area contributed by atoms with Crippen LogP contribution in [0.1, 0.15) is 16.8 Å². The first-order chi connectivity index (χ1) is 17.3. The van der Waals surface area contributed by atoms with Crippen molar-refractivity contribution in [3.05, 3.63) is 89.6 Å². The molecule has 1 aromatic carbocycles. The topological polar surface area (TPSA) is 25.8 Å². The van der Waals surface area contributed by atoms with E-state index in [0.717, 1.165) is 11.3 Å². The van der Waals surface area contributed by atoms with Crippen molar-refractivity contribution in [3.8, 4) is 11.3 Å².